The minimum absolute atomic E-state index is 0.156. The normalized spacial score (nSPS) is 23.5. The molecule has 1 unspecified atom stereocenters. The van der Waals surface area contributed by atoms with Crippen molar-refractivity contribution in [1.82, 2.24) is 4.90 Å². The van der Waals surface area contributed by atoms with E-state index < -0.39 is 0 Å². The summed E-state index contributed by atoms with van der Waals surface area (Å²) in [5.74, 6) is 0.871. The monoisotopic (exact) mass is 355 g/mol. The zero-order valence-corrected chi connectivity index (χ0v) is 13.8. The van der Waals surface area contributed by atoms with Gasteiger partial charge in [-0.25, -0.2) is 0 Å². The van der Waals surface area contributed by atoms with Crippen molar-refractivity contribution < 1.29 is 4.79 Å². The quantitative estimate of drug-likeness (QED) is 0.738. The minimum Gasteiger partial charge on any atom is -0.335 e. The third-order valence-corrected chi connectivity index (χ3v) is 5.56. The molecule has 1 atom stereocenters. The third kappa shape index (κ3) is 2.75. The third-order valence-electron chi connectivity index (χ3n) is 4.67. The van der Waals surface area contributed by atoms with E-state index in [1.54, 1.807) is 12.1 Å². The molecule has 0 bridgehead atoms. The number of likely N-dealkylation sites (tertiary alicyclic amines) is 1. The van der Waals surface area contributed by atoms with Gasteiger partial charge in [-0.1, -0.05) is 24.4 Å². The van der Waals surface area contributed by atoms with Crippen molar-refractivity contribution in [3.63, 3.8) is 0 Å². The molecule has 0 aromatic heterocycles. The molecular formula is C16H19BrClNO. The summed E-state index contributed by atoms with van der Waals surface area (Å²) in [5.41, 5.74) is 0.735. The fourth-order valence-corrected chi connectivity index (χ4v) is 4.55. The van der Waals surface area contributed by atoms with Gasteiger partial charge in [-0.3, -0.25) is 4.79 Å². The highest BCUT2D eigenvalue weighted by molar-refractivity contribution is 9.10. The van der Waals surface area contributed by atoms with Crippen molar-refractivity contribution in [2.24, 2.45) is 5.92 Å². The number of hydrogen-bond donors (Lipinski definition) is 0. The van der Waals surface area contributed by atoms with Gasteiger partial charge in [-0.2, -0.15) is 0 Å². The molecule has 0 spiro atoms. The van der Waals surface area contributed by atoms with Crippen LogP contribution in [-0.2, 0) is 0 Å². The Morgan fingerprint density at radius 3 is 2.65 bits per heavy atom. The topological polar surface area (TPSA) is 20.3 Å². The summed E-state index contributed by atoms with van der Waals surface area (Å²) < 4.78 is 0.798. The molecule has 1 aliphatic heterocycles. The minimum atomic E-state index is 0.156. The highest BCUT2D eigenvalue weighted by Crippen LogP contribution is 2.36. The molecule has 1 aromatic rings. The van der Waals surface area contributed by atoms with E-state index in [9.17, 15) is 4.79 Å². The molecule has 20 heavy (non-hydrogen) atoms. The second kappa shape index (κ2) is 6.07. The number of carbonyl (C=O) groups is 1. The SMILES string of the molecule is O=C(c1ccc(Cl)cc1Br)N1CCCC1C1CCCC1. The Kier molecular flexibility index (Phi) is 4.37. The molecular weight excluding hydrogens is 338 g/mol. The second-order valence-corrected chi connectivity index (χ2v) is 7.17. The van der Waals surface area contributed by atoms with E-state index in [4.69, 9.17) is 11.6 Å². The average molecular weight is 357 g/mol. The van der Waals surface area contributed by atoms with E-state index >= 15 is 0 Å². The highest BCUT2D eigenvalue weighted by Gasteiger charge is 2.36. The van der Waals surface area contributed by atoms with Crippen molar-refractivity contribution in [1.29, 1.82) is 0 Å². The van der Waals surface area contributed by atoms with Gasteiger partial charge >= 0.3 is 0 Å². The number of amides is 1. The maximum absolute atomic E-state index is 12.8. The van der Waals surface area contributed by atoms with Crippen LogP contribution in [0.15, 0.2) is 22.7 Å². The molecule has 1 aliphatic carbocycles. The zero-order valence-electron chi connectivity index (χ0n) is 11.4. The molecule has 1 heterocycles. The lowest BCUT2D eigenvalue weighted by molar-refractivity contribution is 0.0688. The molecule has 0 radical (unpaired) electrons. The summed E-state index contributed by atoms with van der Waals surface area (Å²) in [7, 11) is 0. The number of halogens is 2. The summed E-state index contributed by atoms with van der Waals surface area (Å²) in [6, 6.07) is 5.88. The van der Waals surface area contributed by atoms with Crippen LogP contribution in [0.3, 0.4) is 0 Å². The van der Waals surface area contributed by atoms with Gasteiger partial charge in [-0.05, 0) is 65.7 Å². The lowest BCUT2D eigenvalue weighted by atomic mass is 9.95. The van der Waals surface area contributed by atoms with E-state index in [2.05, 4.69) is 20.8 Å². The Bertz CT molecular complexity index is 513. The molecule has 2 fully saturated rings. The van der Waals surface area contributed by atoms with Crippen LogP contribution in [0.2, 0.25) is 5.02 Å². The highest BCUT2D eigenvalue weighted by atomic mass is 79.9. The van der Waals surface area contributed by atoms with Crippen LogP contribution in [0.1, 0.15) is 48.9 Å². The van der Waals surface area contributed by atoms with Crippen molar-refractivity contribution in [3.8, 4) is 0 Å². The summed E-state index contributed by atoms with van der Waals surface area (Å²) in [5, 5.41) is 0.655. The molecule has 2 aliphatic rings. The van der Waals surface area contributed by atoms with Crippen molar-refractivity contribution in [3.05, 3.63) is 33.3 Å². The fourth-order valence-electron chi connectivity index (χ4n) is 3.69. The first-order valence-electron chi connectivity index (χ1n) is 7.43. The Morgan fingerprint density at radius 2 is 1.95 bits per heavy atom. The van der Waals surface area contributed by atoms with Crippen LogP contribution in [0, 0.1) is 5.92 Å². The molecule has 1 aromatic carbocycles. The molecule has 1 amide bonds. The summed E-state index contributed by atoms with van der Waals surface area (Å²) in [4.78, 5) is 14.9. The van der Waals surface area contributed by atoms with Crippen LogP contribution >= 0.6 is 27.5 Å². The van der Waals surface area contributed by atoms with Crippen LogP contribution in [0.4, 0.5) is 0 Å². The van der Waals surface area contributed by atoms with Crippen LogP contribution in [0.25, 0.3) is 0 Å². The number of hydrogen-bond acceptors (Lipinski definition) is 1. The van der Waals surface area contributed by atoms with E-state index in [1.807, 2.05) is 6.07 Å². The van der Waals surface area contributed by atoms with Crippen molar-refractivity contribution >= 4 is 33.4 Å². The summed E-state index contributed by atoms with van der Waals surface area (Å²) in [6.45, 7) is 0.898. The predicted molar refractivity (Wildman–Crippen MR) is 85.2 cm³/mol. The van der Waals surface area contributed by atoms with Gasteiger partial charge in [0.1, 0.15) is 0 Å². The summed E-state index contributed by atoms with van der Waals surface area (Å²) in [6.07, 6.45) is 7.54. The Hall–Kier alpha value is -0.540. The van der Waals surface area contributed by atoms with Crippen LogP contribution in [0.5, 0.6) is 0 Å². The first-order chi connectivity index (χ1) is 9.66. The van der Waals surface area contributed by atoms with Gasteiger partial charge < -0.3 is 4.90 Å². The molecule has 3 rings (SSSR count). The van der Waals surface area contributed by atoms with E-state index in [-0.39, 0.29) is 5.91 Å². The molecule has 108 valence electrons. The van der Waals surface area contributed by atoms with E-state index in [0.29, 0.717) is 17.0 Å². The average Bonchev–Trinajstić information content (AvgIpc) is 3.09. The van der Waals surface area contributed by atoms with E-state index in [1.165, 1.54) is 32.1 Å². The first kappa shape index (κ1) is 14.4. The maximum Gasteiger partial charge on any atom is 0.255 e. The van der Waals surface area contributed by atoms with Crippen molar-refractivity contribution in [2.75, 3.05) is 6.54 Å². The molecule has 0 N–H and O–H groups in total. The Balaban J connectivity index is 1.81. The van der Waals surface area contributed by atoms with Crippen molar-refractivity contribution in [2.45, 2.75) is 44.6 Å². The van der Waals surface area contributed by atoms with Gasteiger partial charge in [0.2, 0.25) is 0 Å². The van der Waals surface area contributed by atoms with Gasteiger partial charge in [0.25, 0.3) is 5.91 Å². The fraction of sp³-hybridized carbons (Fsp3) is 0.562. The molecule has 2 nitrogen and oxygen atoms in total. The van der Waals surface area contributed by atoms with E-state index in [0.717, 1.165) is 23.0 Å². The lowest BCUT2D eigenvalue weighted by Crippen LogP contribution is -2.39. The zero-order chi connectivity index (χ0) is 14.1. The van der Waals surface area contributed by atoms with Gasteiger partial charge in [0.05, 0.1) is 5.56 Å². The first-order valence-corrected chi connectivity index (χ1v) is 8.60. The number of nitrogens with zero attached hydrogens (tertiary/aromatic N) is 1. The van der Waals surface area contributed by atoms with Gasteiger partial charge in [-0.15, -0.1) is 0 Å². The second-order valence-electron chi connectivity index (χ2n) is 5.88. The van der Waals surface area contributed by atoms with Crippen LogP contribution in [-0.4, -0.2) is 23.4 Å². The van der Waals surface area contributed by atoms with Crippen LogP contribution < -0.4 is 0 Å². The lowest BCUT2D eigenvalue weighted by Gasteiger charge is -2.29. The summed E-state index contributed by atoms with van der Waals surface area (Å²) >= 11 is 9.42. The molecule has 4 heteroatoms. The number of benzene rings is 1. The molecule has 1 saturated carbocycles. The number of rotatable bonds is 2. The standard InChI is InChI=1S/C16H19BrClNO/c17-14-10-12(18)7-8-13(14)16(20)19-9-3-6-15(19)11-4-1-2-5-11/h7-8,10-11,15H,1-6,9H2. The predicted octanol–water partition coefficient (Wildman–Crippen LogP) is 4.90. The largest absolute Gasteiger partial charge is 0.335 e. The Morgan fingerprint density at radius 1 is 1.20 bits per heavy atom. The number of carbonyl (C=O) groups excluding carboxylic acids is 1. The van der Waals surface area contributed by atoms with Gasteiger partial charge in [0, 0.05) is 22.1 Å². The van der Waals surface area contributed by atoms with Gasteiger partial charge in [0.15, 0.2) is 0 Å². The maximum atomic E-state index is 12.8. The smallest absolute Gasteiger partial charge is 0.255 e. The molecule has 1 saturated heterocycles. The Labute approximate surface area is 133 Å².